The van der Waals surface area contributed by atoms with E-state index in [1.807, 2.05) is 32.2 Å². The molecular weight excluding hydrogens is 340 g/mol. The van der Waals surface area contributed by atoms with E-state index in [-0.39, 0.29) is 0 Å². The molecule has 2 heterocycles. The second kappa shape index (κ2) is 7.92. The molecule has 5 nitrogen and oxygen atoms in total. The Bertz CT molecular complexity index is 799. The molecule has 0 bridgehead atoms. The maximum absolute atomic E-state index is 5.48. The number of hydrogen-bond donors (Lipinski definition) is 1. The summed E-state index contributed by atoms with van der Waals surface area (Å²) in [6, 6.07) is 8.44. The zero-order chi connectivity index (χ0) is 16.9. The molecule has 1 N–H and O–H groups in total. The van der Waals surface area contributed by atoms with Gasteiger partial charge in [-0.1, -0.05) is 17.3 Å². The summed E-state index contributed by atoms with van der Waals surface area (Å²) >= 11 is 3.42. The maximum atomic E-state index is 5.48. The minimum absolute atomic E-state index is 0.313. The van der Waals surface area contributed by atoms with Gasteiger partial charge in [-0.05, 0) is 33.0 Å². The maximum Gasteiger partial charge on any atom is 0.259 e. The van der Waals surface area contributed by atoms with E-state index in [9.17, 15) is 0 Å². The van der Waals surface area contributed by atoms with E-state index in [1.54, 1.807) is 23.1 Å². The molecule has 3 aromatic rings. The number of nitrogens with zero attached hydrogens (tertiary/aromatic N) is 3. The molecule has 126 valence electrons. The normalized spacial score (nSPS) is 12.5. The van der Waals surface area contributed by atoms with Crippen molar-refractivity contribution in [1.29, 1.82) is 0 Å². The van der Waals surface area contributed by atoms with E-state index >= 15 is 0 Å². The first-order valence-electron chi connectivity index (χ1n) is 7.78. The predicted molar refractivity (Wildman–Crippen MR) is 98.4 cm³/mol. The van der Waals surface area contributed by atoms with Gasteiger partial charge in [0.25, 0.3) is 5.89 Å². The van der Waals surface area contributed by atoms with Crippen LogP contribution in [0.3, 0.4) is 0 Å². The number of nitrogens with one attached hydrogen (secondary N) is 1. The van der Waals surface area contributed by atoms with E-state index in [4.69, 9.17) is 4.52 Å². The molecule has 3 rings (SSSR count). The summed E-state index contributed by atoms with van der Waals surface area (Å²) in [6.45, 7) is 4.12. The summed E-state index contributed by atoms with van der Waals surface area (Å²) in [6.07, 6.45) is 0.743. The van der Waals surface area contributed by atoms with Gasteiger partial charge in [0, 0.05) is 28.5 Å². The monoisotopic (exact) mass is 360 g/mol. The van der Waals surface area contributed by atoms with Crippen LogP contribution in [0.4, 0.5) is 0 Å². The van der Waals surface area contributed by atoms with Gasteiger partial charge in [-0.25, -0.2) is 4.98 Å². The second-order valence-corrected chi connectivity index (χ2v) is 7.63. The number of likely N-dealkylation sites (N-methyl/N-ethyl adjacent to an activating group) is 1. The van der Waals surface area contributed by atoms with Crippen molar-refractivity contribution in [2.24, 2.45) is 0 Å². The fourth-order valence-electron chi connectivity index (χ4n) is 2.22. The van der Waals surface area contributed by atoms with Crippen molar-refractivity contribution in [3.05, 3.63) is 46.2 Å². The van der Waals surface area contributed by atoms with Crippen molar-refractivity contribution in [3.63, 3.8) is 0 Å². The zero-order valence-corrected chi connectivity index (χ0v) is 15.6. The van der Waals surface area contributed by atoms with Crippen molar-refractivity contribution >= 4 is 23.1 Å². The first kappa shape index (κ1) is 17.1. The first-order chi connectivity index (χ1) is 11.7. The molecule has 1 aromatic carbocycles. The summed E-state index contributed by atoms with van der Waals surface area (Å²) in [7, 11) is 1.93. The average Bonchev–Trinajstić information content (AvgIpc) is 3.22. The molecule has 24 heavy (non-hydrogen) atoms. The Morgan fingerprint density at radius 2 is 2.12 bits per heavy atom. The van der Waals surface area contributed by atoms with Crippen LogP contribution < -0.4 is 5.32 Å². The van der Waals surface area contributed by atoms with Gasteiger partial charge >= 0.3 is 0 Å². The van der Waals surface area contributed by atoms with Gasteiger partial charge in [-0.2, -0.15) is 4.98 Å². The second-order valence-electron chi connectivity index (χ2n) is 5.55. The number of thiazole rings is 1. The highest BCUT2D eigenvalue weighted by molar-refractivity contribution is 7.98. The fraction of sp³-hybridized carbons (Fsp3) is 0.353. The number of thioether (sulfide) groups is 1. The Hall–Kier alpha value is -1.70. The van der Waals surface area contributed by atoms with Crippen LogP contribution >= 0.6 is 23.1 Å². The van der Waals surface area contributed by atoms with Crippen LogP contribution in [-0.4, -0.2) is 28.2 Å². The summed E-state index contributed by atoms with van der Waals surface area (Å²) in [4.78, 5) is 10.2. The molecule has 1 atom stereocenters. The lowest BCUT2D eigenvalue weighted by atomic mass is 10.2. The van der Waals surface area contributed by atoms with E-state index in [2.05, 4.69) is 38.8 Å². The molecule has 1 unspecified atom stereocenters. The summed E-state index contributed by atoms with van der Waals surface area (Å²) < 4.78 is 5.48. The molecule has 0 saturated carbocycles. The molecule has 0 radical (unpaired) electrons. The number of aryl methyl sites for hydroxylation is 1. The Labute approximate surface area is 149 Å². The highest BCUT2D eigenvalue weighted by atomic mass is 32.2. The van der Waals surface area contributed by atoms with Gasteiger partial charge in [0.2, 0.25) is 0 Å². The molecule has 0 aliphatic heterocycles. The smallest absolute Gasteiger partial charge is 0.259 e. The van der Waals surface area contributed by atoms with Crippen LogP contribution in [-0.2, 0) is 12.2 Å². The van der Waals surface area contributed by atoms with Crippen LogP contribution in [0.25, 0.3) is 11.5 Å². The molecule has 0 spiro atoms. The van der Waals surface area contributed by atoms with Crippen LogP contribution in [0, 0.1) is 6.92 Å². The summed E-state index contributed by atoms with van der Waals surface area (Å²) in [5.41, 5.74) is 2.08. The van der Waals surface area contributed by atoms with Crippen LogP contribution in [0.2, 0.25) is 0 Å². The Morgan fingerprint density at radius 3 is 2.88 bits per heavy atom. The Morgan fingerprint density at radius 1 is 1.29 bits per heavy atom. The lowest BCUT2D eigenvalue weighted by molar-refractivity contribution is 0.417. The number of benzene rings is 1. The molecule has 0 fully saturated rings. The quantitative estimate of drug-likeness (QED) is 0.644. The van der Waals surface area contributed by atoms with Gasteiger partial charge in [-0.3, -0.25) is 0 Å². The summed E-state index contributed by atoms with van der Waals surface area (Å²) in [5, 5.41) is 10.5. The first-order valence-corrected chi connectivity index (χ1v) is 9.65. The van der Waals surface area contributed by atoms with Gasteiger partial charge < -0.3 is 9.84 Å². The minimum atomic E-state index is 0.313. The van der Waals surface area contributed by atoms with E-state index in [0.29, 0.717) is 11.9 Å². The Kier molecular flexibility index (Phi) is 5.65. The molecule has 0 saturated heterocycles. The zero-order valence-electron chi connectivity index (χ0n) is 13.9. The molecule has 0 amide bonds. The highest BCUT2D eigenvalue weighted by Gasteiger charge is 2.14. The standard InChI is InChI=1S/C17H20N4OS2/c1-11(18-3)8-16-20-17(22-21-16)14-6-4-5-7-15(14)24-10-13-9-23-12(2)19-13/h4-7,9,11,18H,8,10H2,1-3H3. The predicted octanol–water partition coefficient (Wildman–Crippen LogP) is 3.94. The van der Waals surface area contributed by atoms with E-state index in [0.717, 1.165) is 39.2 Å². The lowest BCUT2D eigenvalue weighted by Crippen LogP contribution is -2.24. The fourth-order valence-corrected chi connectivity index (χ4v) is 3.87. The third-order valence-electron chi connectivity index (χ3n) is 3.61. The number of hydrogen-bond acceptors (Lipinski definition) is 7. The highest BCUT2D eigenvalue weighted by Crippen LogP contribution is 2.32. The van der Waals surface area contributed by atoms with Gasteiger partial charge in [0.15, 0.2) is 5.82 Å². The number of aromatic nitrogens is 3. The Balaban J connectivity index is 1.76. The topological polar surface area (TPSA) is 63.8 Å². The lowest BCUT2D eigenvalue weighted by Gasteiger charge is -2.05. The average molecular weight is 361 g/mol. The third kappa shape index (κ3) is 4.23. The van der Waals surface area contributed by atoms with Crippen molar-refractivity contribution in [2.45, 2.75) is 37.0 Å². The van der Waals surface area contributed by atoms with Gasteiger partial charge in [0.05, 0.1) is 16.3 Å². The van der Waals surface area contributed by atoms with Crippen molar-refractivity contribution in [1.82, 2.24) is 20.4 Å². The van der Waals surface area contributed by atoms with Crippen molar-refractivity contribution < 1.29 is 4.52 Å². The third-order valence-corrected chi connectivity index (χ3v) is 5.54. The minimum Gasteiger partial charge on any atom is -0.334 e. The van der Waals surface area contributed by atoms with Crippen molar-refractivity contribution in [3.8, 4) is 11.5 Å². The molecular formula is C17H20N4OS2. The van der Waals surface area contributed by atoms with Crippen molar-refractivity contribution in [2.75, 3.05) is 7.05 Å². The van der Waals surface area contributed by atoms with E-state index in [1.165, 1.54) is 0 Å². The van der Waals surface area contributed by atoms with E-state index < -0.39 is 0 Å². The van der Waals surface area contributed by atoms with Crippen LogP contribution in [0.15, 0.2) is 39.1 Å². The van der Waals surface area contributed by atoms with Gasteiger partial charge in [0.1, 0.15) is 0 Å². The SMILES string of the molecule is CNC(C)Cc1noc(-c2ccccc2SCc2csc(C)n2)n1. The largest absolute Gasteiger partial charge is 0.334 e. The molecule has 0 aliphatic rings. The summed E-state index contributed by atoms with van der Waals surface area (Å²) in [5.74, 6) is 2.13. The van der Waals surface area contributed by atoms with Gasteiger partial charge in [-0.15, -0.1) is 23.1 Å². The molecule has 0 aliphatic carbocycles. The molecule has 2 aromatic heterocycles. The van der Waals surface area contributed by atoms with Crippen LogP contribution in [0.1, 0.15) is 23.4 Å². The molecule has 7 heteroatoms. The number of rotatable bonds is 7. The van der Waals surface area contributed by atoms with Crippen LogP contribution in [0.5, 0.6) is 0 Å².